The summed E-state index contributed by atoms with van der Waals surface area (Å²) in [6.45, 7) is 0. The summed E-state index contributed by atoms with van der Waals surface area (Å²) < 4.78 is 0. The highest BCUT2D eigenvalue weighted by molar-refractivity contribution is 5.83. The molecule has 0 unspecified atom stereocenters. The minimum atomic E-state index is -0.527. The quantitative estimate of drug-likeness (QED) is 0.212. The van der Waals surface area contributed by atoms with Crippen molar-refractivity contribution in [1.82, 2.24) is 9.97 Å². The highest BCUT2D eigenvalue weighted by atomic mass is 16.1. The summed E-state index contributed by atoms with van der Waals surface area (Å²) in [5, 5.41) is 13.6. The summed E-state index contributed by atoms with van der Waals surface area (Å²) >= 11 is 0. The maximum atomic E-state index is 12.4. The molecule has 1 aromatic heterocycles. The number of nitriles is 1. The molecule has 0 amide bonds. The van der Waals surface area contributed by atoms with Gasteiger partial charge in [-0.15, -0.1) is 0 Å². The van der Waals surface area contributed by atoms with E-state index in [1.54, 1.807) is 18.3 Å². The Kier molecular flexibility index (Phi) is 6.82. The number of nitrogens with zero attached hydrogens (tertiary/aromatic N) is 4. The van der Waals surface area contributed by atoms with E-state index in [0.29, 0.717) is 11.3 Å². The molecule has 5 aromatic rings. The summed E-state index contributed by atoms with van der Waals surface area (Å²) in [4.78, 5) is 21.6. The Bertz CT molecular complexity index is 1570. The number of hydrogen-bond acceptors (Lipinski definition) is 6. The molecule has 1 heterocycles. The van der Waals surface area contributed by atoms with Crippen molar-refractivity contribution in [3.63, 3.8) is 0 Å². The molecule has 0 aliphatic rings. The number of hydrogen-bond donors (Lipinski definition) is 2. The van der Waals surface area contributed by atoms with Gasteiger partial charge in [0.1, 0.15) is 11.6 Å². The Balaban J connectivity index is 1.37. The Morgan fingerprint density at radius 1 is 0.784 bits per heavy atom. The normalized spacial score (nSPS) is 10.7. The SMILES string of the molecule is N#Cc1c(-c2ccccc2)nc(NN=Cc2ccc(N(c3ccccc3)c3ccccc3)cc2)[nH]c1=O. The molecule has 2 N–H and O–H groups in total. The first kappa shape index (κ1) is 23.3. The van der Waals surface area contributed by atoms with Crippen LogP contribution in [0.15, 0.2) is 125 Å². The van der Waals surface area contributed by atoms with Crippen LogP contribution in [-0.2, 0) is 0 Å². The molecule has 0 saturated carbocycles. The molecule has 4 aromatic carbocycles. The monoisotopic (exact) mass is 482 g/mol. The molecular weight excluding hydrogens is 460 g/mol. The third-order valence-electron chi connectivity index (χ3n) is 5.64. The van der Waals surface area contributed by atoms with E-state index in [-0.39, 0.29) is 11.5 Å². The second kappa shape index (κ2) is 10.8. The highest BCUT2D eigenvalue weighted by Gasteiger charge is 2.13. The molecular formula is C30H22N6O. The topological polar surface area (TPSA) is 97.2 Å². The number of aromatic amines is 1. The van der Waals surface area contributed by atoms with E-state index in [0.717, 1.165) is 22.6 Å². The van der Waals surface area contributed by atoms with Gasteiger partial charge in [0.15, 0.2) is 0 Å². The lowest BCUT2D eigenvalue weighted by Crippen LogP contribution is -2.16. The van der Waals surface area contributed by atoms with Crippen LogP contribution in [0.25, 0.3) is 11.3 Å². The maximum Gasteiger partial charge on any atom is 0.270 e. The van der Waals surface area contributed by atoms with Crippen molar-refractivity contribution in [2.45, 2.75) is 0 Å². The van der Waals surface area contributed by atoms with Crippen molar-refractivity contribution in [3.8, 4) is 17.3 Å². The second-order valence-electron chi connectivity index (χ2n) is 8.08. The summed E-state index contributed by atoms with van der Waals surface area (Å²) in [6.07, 6.45) is 1.64. The van der Waals surface area contributed by atoms with Gasteiger partial charge in [0, 0.05) is 22.6 Å². The average molecular weight is 483 g/mol. The van der Waals surface area contributed by atoms with Crippen LogP contribution in [0.4, 0.5) is 23.0 Å². The molecule has 0 spiro atoms. The van der Waals surface area contributed by atoms with E-state index >= 15 is 0 Å². The zero-order valence-electron chi connectivity index (χ0n) is 19.7. The first-order valence-corrected chi connectivity index (χ1v) is 11.6. The van der Waals surface area contributed by atoms with Crippen LogP contribution < -0.4 is 15.9 Å². The van der Waals surface area contributed by atoms with Gasteiger partial charge in [-0.05, 0) is 42.0 Å². The van der Waals surface area contributed by atoms with E-state index in [4.69, 9.17) is 0 Å². The number of anilines is 4. The molecule has 7 heteroatoms. The second-order valence-corrected chi connectivity index (χ2v) is 8.08. The Labute approximate surface area is 214 Å². The van der Waals surface area contributed by atoms with Crippen molar-refractivity contribution in [2.75, 3.05) is 10.3 Å². The highest BCUT2D eigenvalue weighted by Crippen LogP contribution is 2.33. The van der Waals surface area contributed by atoms with Gasteiger partial charge in [-0.3, -0.25) is 9.78 Å². The van der Waals surface area contributed by atoms with Gasteiger partial charge in [-0.2, -0.15) is 10.4 Å². The predicted molar refractivity (Wildman–Crippen MR) is 147 cm³/mol. The standard InChI is InChI=1S/C30H22N6O/c31-20-27-28(23-10-4-1-5-11-23)33-30(34-29(27)37)35-32-21-22-16-18-26(19-17-22)36(24-12-6-2-7-13-24)25-14-8-3-9-15-25/h1-19,21H,(H2,33,34,35,37). The Hall–Kier alpha value is -5.48. The molecule has 0 aliphatic carbocycles. The van der Waals surface area contributed by atoms with Crippen LogP contribution in [0.2, 0.25) is 0 Å². The molecule has 37 heavy (non-hydrogen) atoms. The van der Waals surface area contributed by atoms with E-state index < -0.39 is 5.56 Å². The van der Waals surface area contributed by atoms with Crippen molar-refractivity contribution >= 4 is 29.2 Å². The zero-order valence-corrected chi connectivity index (χ0v) is 19.7. The number of para-hydroxylation sites is 2. The minimum Gasteiger partial charge on any atom is -0.311 e. The fourth-order valence-electron chi connectivity index (χ4n) is 3.91. The molecule has 178 valence electrons. The first-order chi connectivity index (χ1) is 18.2. The molecule has 5 rings (SSSR count). The van der Waals surface area contributed by atoms with E-state index in [1.807, 2.05) is 84.9 Å². The summed E-state index contributed by atoms with van der Waals surface area (Å²) in [7, 11) is 0. The number of nitrogens with one attached hydrogen (secondary N) is 2. The average Bonchev–Trinajstić information content (AvgIpc) is 2.95. The lowest BCUT2D eigenvalue weighted by atomic mass is 10.1. The van der Waals surface area contributed by atoms with Crippen LogP contribution in [0.1, 0.15) is 11.1 Å². The Morgan fingerprint density at radius 2 is 1.32 bits per heavy atom. The third-order valence-corrected chi connectivity index (χ3v) is 5.64. The summed E-state index contributed by atoms with van der Waals surface area (Å²) in [6, 6.07) is 39.4. The lowest BCUT2D eigenvalue weighted by molar-refractivity contribution is 1.08. The van der Waals surface area contributed by atoms with Crippen molar-refractivity contribution in [3.05, 3.63) is 137 Å². The lowest BCUT2D eigenvalue weighted by Gasteiger charge is -2.25. The van der Waals surface area contributed by atoms with Gasteiger partial charge in [-0.25, -0.2) is 10.4 Å². The van der Waals surface area contributed by atoms with Crippen LogP contribution >= 0.6 is 0 Å². The van der Waals surface area contributed by atoms with E-state index in [1.165, 1.54) is 0 Å². The van der Waals surface area contributed by atoms with E-state index in [2.05, 4.69) is 49.7 Å². The largest absolute Gasteiger partial charge is 0.311 e. The molecule has 0 aliphatic heterocycles. The molecule has 0 atom stereocenters. The molecule has 0 radical (unpaired) electrons. The van der Waals surface area contributed by atoms with Crippen LogP contribution in [0, 0.1) is 11.3 Å². The van der Waals surface area contributed by atoms with Crippen LogP contribution in [0.3, 0.4) is 0 Å². The maximum absolute atomic E-state index is 12.4. The van der Waals surface area contributed by atoms with Gasteiger partial charge in [0.2, 0.25) is 5.95 Å². The molecule has 0 bridgehead atoms. The number of benzene rings is 4. The van der Waals surface area contributed by atoms with Gasteiger partial charge < -0.3 is 4.90 Å². The number of hydrazone groups is 1. The summed E-state index contributed by atoms with van der Waals surface area (Å²) in [5.74, 6) is 0.148. The van der Waals surface area contributed by atoms with Gasteiger partial charge in [0.25, 0.3) is 5.56 Å². The Morgan fingerprint density at radius 3 is 1.89 bits per heavy atom. The molecule has 0 saturated heterocycles. The number of aromatic nitrogens is 2. The van der Waals surface area contributed by atoms with Gasteiger partial charge in [-0.1, -0.05) is 78.9 Å². The number of H-pyrrole nitrogens is 1. The summed E-state index contributed by atoms with van der Waals surface area (Å²) in [5.41, 5.74) is 7.15. The van der Waals surface area contributed by atoms with Gasteiger partial charge >= 0.3 is 0 Å². The van der Waals surface area contributed by atoms with E-state index in [9.17, 15) is 10.1 Å². The minimum absolute atomic E-state index is 0.0438. The molecule has 7 nitrogen and oxygen atoms in total. The van der Waals surface area contributed by atoms with Crippen LogP contribution in [-0.4, -0.2) is 16.2 Å². The molecule has 0 fully saturated rings. The fourth-order valence-corrected chi connectivity index (χ4v) is 3.91. The van der Waals surface area contributed by atoms with Crippen molar-refractivity contribution < 1.29 is 0 Å². The zero-order chi connectivity index (χ0) is 25.5. The first-order valence-electron chi connectivity index (χ1n) is 11.6. The van der Waals surface area contributed by atoms with Crippen molar-refractivity contribution in [1.29, 1.82) is 5.26 Å². The van der Waals surface area contributed by atoms with Gasteiger partial charge in [0.05, 0.1) is 11.9 Å². The third kappa shape index (κ3) is 5.29. The number of rotatable bonds is 7. The fraction of sp³-hybridized carbons (Fsp3) is 0. The predicted octanol–water partition coefficient (Wildman–Crippen LogP) is 6.22. The van der Waals surface area contributed by atoms with Crippen molar-refractivity contribution in [2.24, 2.45) is 5.10 Å². The smallest absolute Gasteiger partial charge is 0.270 e. The van der Waals surface area contributed by atoms with Crippen LogP contribution in [0.5, 0.6) is 0 Å².